The second-order valence-electron chi connectivity index (χ2n) is 6.53. The fourth-order valence-corrected chi connectivity index (χ4v) is 2.94. The predicted molar refractivity (Wildman–Crippen MR) is 106 cm³/mol. The van der Waals surface area contributed by atoms with Gasteiger partial charge in [-0.1, -0.05) is 17.4 Å². The number of nitrogens with one attached hydrogen (secondary N) is 1. The summed E-state index contributed by atoms with van der Waals surface area (Å²) in [5.74, 6) is -1.70. The van der Waals surface area contributed by atoms with Crippen molar-refractivity contribution in [3.05, 3.63) is 70.7 Å². The number of halogens is 1. The predicted octanol–water partition coefficient (Wildman–Crippen LogP) is 3.46. The lowest BCUT2D eigenvalue weighted by atomic mass is 9.99. The maximum Gasteiger partial charge on any atom is 0.341 e. The van der Waals surface area contributed by atoms with Gasteiger partial charge in [-0.15, -0.1) is 0 Å². The van der Waals surface area contributed by atoms with Gasteiger partial charge in [0.2, 0.25) is 5.91 Å². The number of amides is 1. The maximum atomic E-state index is 13.1. The van der Waals surface area contributed by atoms with Crippen LogP contribution in [-0.2, 0) is 22.5 Å². The largest absolute Gasteiger partial charge is 0.505 e. The highest BCUT2D eigenvalue weighted by atomic mass is 19.1. The highest BCUT2D eigenvalue weighted by Gasteiger charge is 2.19. The lowest BCUT2D eigenvalue weighted by Crippen LogP contribution is -2.11. The Morgan fingerprint density at radius 3 is 2.60 bits per heavy atom. The van der Waals surface area contributed by atoms with E-state index >= 15 is 0 Å². The van der Waals surface area contributed by atoms with Crippen molar-refractivity contribution in [2.24, 2.45) is 10.3 Å². The lowest BCUT2D eigenvalue weighted by Gasteiger charge is -2.11. The van der Waals surface area contributed by atoms with Crippen molar-refractivity contribution in [2.75, 3.05) is 7.11 Å². The molecule has 1 heterocycles. The van der Waals surface area contributed by atoms with Crippen LogP contribution >= 0.6 is 0 Å². The number of rotatable bonds is 6. The van der Waals surface area contributed by atoms with Gasteiger partial charge in [-0.25, -0.2) is 14.6 Å². The third-order valence-electron chi connectivity index (χ3n) is 4.33. The van der Waals surface area contributed by atoms with E-state index in [-0.39, 0.29) is 35.1 Å². The number of aromatic nitrogens is 1. The van der Waals surface area contributed by atoms with Crippen molar-refractivity contribution < 1.29 is 23.8 Å². The first kappa shape index (κ1) is 20.8. The minimum Gasteiger partial charge on any atom is -0.505 e. The van der Waals surface area contributed by atoms with Gasteiger partial charge in [-0.2, -0.15) is 5.11 Å². The van der Waals surface area contributed by atoms with Crippen molar-refractivity contribution >= 4 is 22.8 Å². The molecule has 0 aliphatic carbocycles. The molecule has 9 heteroatoms. The Morgan fingerprint density at radius 2 is 1.93 bits per heavy atom. The van der Waals surface area contributed by atoms with Crippen LogP contribution in [0.5, 0.6) is 5.75 Å². The zero-order valence-electron chi connectivity index (χ0n) is 16.3. The average molecular weight is 410 g/mol. The Morgan fingerprint density at radius 1 is 1.20 bits per heavy atom. The van der Waals surface area contributed by atoms with Crippen molar-refractivity contribution in [1.82, 2.24) is 10.4 Å². The number of hydrogen-bond donors (Lipinski definition) is 2. The van der Waals surface area contributed by atoms with Gasteiger partial charge >= 0.3 is 5.97 Å². The van der Waals surface area contributed by atoms with Gasteiger partial charge in [-0.05, 0) is 47.4 Å². The van der Waals surface area contributed by atoms with Crippen LogP contribution in [0.4, 0.5) is 4.39 Å². The Labute approximate surface area is 171 Å². The Bertz CT molecular complexity index is 1130. The summed E-state index contributed by atoms with van der Waals surface area (Å²) in [6.45, 7) is 1.33. The smallest absolute Gasteiger partial charge is 0.341 e. The van der Waals surface area contributed by atoms with E-state index in [1.165, 1.54) is 32.2 Å². The number of benzene rings is 2. The molecule has 3 rings (SSSR count). The summed E-state index contributed by atoms with van der Waals surface area (Å²) in [6.07, 6.45) is 2.07. The second-order valence-corrected chi connectivity index (χ2v) is 6.53. The number of ether oxygens (including phenoxy) is 1. The van der Waals surface area contributed by atoms with Crippen LogP contribution in [0.15, 0.2) is 52.9 Å². The molecule has 30 heavy (non-hydrogen) atoms. The van der Waals surface area contributed by atoms with Gasteiger partial charge in [0, 0.05) is 18.5 Å². The molecule has 0 bridgehead atoms. The number of phenols is 1. The lowest BCUT2D eigenvalue weighted by molar-refractivity contribution is -0.119. The van der Waals surface area contributed by atoms with Gasteiger partial charge < -0.3 is 9.84 Å². The second kappa shape index (κ2) is 9.08. The van der Waals surface area contributed by atoms with Crippen LogP contribution in [0.25, 0.3) is 10.9 Å². The molecule has 154 valence electrons. The summed E-state index contributed by atoms with van der Waals surface area (Å²) < 4.78 is 17.9. The van der Waals surface area contributed by atoms with Crippen LogP contribution in [0.3, 0.4) is 0 Å². The minimum absolute atomic E-state index is 0.0305. The summed E-state index contributed by atoms with van der Waals surface area (Å²) >= 11 is 0. The van der Waals surface area contributed by atoms with Crippen LogP contribution < -0.4 is 5.43 Å². The first-order chi connectivity index (χ1) is 14.4. The zero-order chi connectivity index (χ0) is 21.7. The van der Waals surface area contributed by atoms with E-state index in [0.717, 1.165) is 11.1 Å². The molecule has 0 atom stereocenters. The molecule has 2 aromatic carbocycles. The normalized spacial score (nSPS) is 11.0. The summed E-state index contributed by atoms with van der Waals surface area (Å²) in [4.78, 5) is 27.3. The topological polar surface area (TPSA) is 113 Å². The molecule has 0 aliphatic heterocycles. The van der Waals surface area contributed by atoms with Gasteiger partial charge in [-0.3, -0.25) is 9.78 Å². The number of fused-ring (bicyclic) bond motifs is 1. The van der Waals surface area contributed by atoms with Gasteiger partial charge in [0.1, 0.15) is 16.9 Å². The Balaban J connectivity index is 2.04. The molecule has 3 aromatic rings. The van der Waals surface area contributed by atoms with Crippen molar-refractivity contribution in [3.8, 4) is 5.75 Å². The molecule has 0 saturated heterocycles. The van der Waals surface area contributed by atoms with E-state index in [2.05, 4.69) is 20.7 Å². The first-order valence-electron chi connectivity index (χ1n) is 8.98. The Kier molecular flexibility index (Phi) is 6.31. The third kappa shape index (κ3) is 4.75. The fraction of sp³-hybridized carbons (Fsp3) is 0.190. The number of hydrogen-bond acceptors (Lipinski definition) is 7. The summed E-state index contributed by atoms with van der Waals surface area (Å²) in [6, 6.07) is 9.40. The van der Waals surface area contributed by atoms with Gasteiger partial charge in [0.25, 0.3) is 0 Å². The first-order valence-corrected chi connectivity index (χ1v) is 8.98. The number of aromatic hydroxyl groups is 1. The van der Waals surface area contributed by atoms with Crippen LogP contribution in [-0.4, -0.2) is 29.1 Å². The van der Waals surface area contributed by atoms with Crippen LogP contribution in [0, 0.1) is 5.82 Å². The van der Waals surface area contributed by atoms with E-state index in [4.69, 9.17) is 4.74 Å². The molecule has 2 N–H and O–H groups in total. The molecule has 0 spiro atoms. The SMILES string of the molecule is COC(=O)c1cc(CN=NNC(C)=O)c2cc(Cc3ccc(F)cc3)cnc2c1O. The zero-order valence-corrected chi connectivity index (χ0v) is 16.3. The number of phenolic OH excluding ortho intramolecular Hbond substituents is 1. The molecule has 0 radical (unpaired) electrons. The van der Waals surface area contributed by atoms with Crippen molar-refractivity contribution in [2.45, 2.75) is 19.9 Å². The highest BCUT2D eigenvalue weighted by Crippen LogP contribution is 2.32. The van der Waals surface area contributed by atoms with E-state index in [1.54, 1.807) is 18.3 Å². The van der Waals surface area contributed by atoms with Gasteiger partial charge in [0.05, 0.1) is 13.7 Å². The quantitative estimate of drug-likeness (QED) is 0.367. The molecule has 0 fully saturated rings. The summed E-state index contributed by atoms with van der Waals surface area (Å²) in [7, 11) is 1.21. The number of esters is 1. The van der Waals surface area contributed by atoms with E-state index in [9.17, 15) is 19.1 Å². The summed E-state index contributed by atoms with van der Waals surface area (Å²) in [5, 5.41) is 18.6. The molecule has 0 aliphatic rings. The number of carbonyl (C=O) groups excluding carboxylic acids is 2. The van der Waals surface area contributed by atoms with E-state index in [1.807, 2.05) is 6.07 Å². The minimum atomic E-state index is -0.716. The number of nitrogens with zero attached hydrogens (tertiary/aromatic N) is 3. The van der Waals surface area contributed by atoms with Crippen LogP contribution in [0.2, 0.25) is 0 Å². The highest BCUT2D eigenvalue weighted by molar-refractivity contribution is 6.01. The number of pyridine rings is 1. The monoisotopic (exact) mass is 410 g/mol. The molecule has 1 amide bonds. The molecule has 8 nitrogen and oxygen atoms in total. The van der Waals surface area contributed by atoms with E-state index in [0.29, 0.717) is 17.4 Å². The molecule has 0 saturated carbocycles. The summed E-state index contributed by atoms with van der Waals surface area (Å²) in [5.41, 5.74) is 4.64. The van der Waals surface area contributed by atoms with E-state index < -0.39 is 5.97 Å². The molecule has 1 aromatic heterocycles. The standard InChI is InChI=1S/C21H19FN4O4/c1-12(27)25-26-24-11-15-9-18(21(29)30-2)20(28)19-17(15)8-14(10-23-19)7-13-3-5-16(22)6-4-13/h3-6,8-10,28H,7,11H2,1-2H3,(H,24,25,27). The maximum absolute atomic E-state index is 13.1. The molecular formula is C21H19FN4O4. The molecule has 0 unspecified atom stereocenters. The van der Waals surface area contributed by atoms with Crippen molar-refractivity contribution in [1.29, 1.82) is 0 Å². The number of carbonyl (C=O) groups is 2. The molecular weight excluding hydrogens is 391 g/mol. The van der Waals surface area contributed by atoms with Crippen LogP contribution in [0.1, 0.15) is 34.0 Å². The Hall–Kier alpha value is -3.88. The van der Waals surface area contributed by atoms with Crippen molar-refractivity contribution in [3.63, 3.8) is 0 Å². The third-order valence-corrected chi connectivity index (χ3v) is 4.33. The fourth-order valence-electron chi connectivity index (χ4n) is 2.94. The van der Waals surface area contributed by atoms with Gasteiger partial charge in [0.15, 0.2) is 5.75 Å². The average Bonchev–Trinajstić information content (AvgIpc) is 2.73. The number of methoxy groups -OCH3 is 1.